The second kappa shape index (κ2) is 3.61. The van der Waals surface area contributed by atoms with E-state index in [-0.39, 0.29) is 11.5 Å². The Morgan fingerprint density at radius 2 is 2.12 bits per heavy atom. The highest BCUT2D eigenvalue weighted by atomic mass is 19.1. The average Bonchev–Trinajstić information content (AvgIpc) is 2.61. The highest BCUT2D eigenvalue weighted by molar-refractivity contribution is 5.90. The normalized spacial score (nSPS) is 10.3. The SMILES string of the molecule is Nc1c(C(=O)O)nnn1-c1ccccc1F. The van der Waals surface area contributed by atoms with Crippen LogP contribution >= 0.6 is 0 Å². The maximum atomic E-state index is 13.4. The molecule has 0 saturated carbocycles. The second-order valence-electron chi connectivity index (χ2n) is 2.99. The molecule has 3 N–H and O–H groups in total. The van der Waals surface area contributed by atoms with Crippen molar-refractivity contribution >= 4 is 11.8 Å². The van der Waals surface area contributed by atoms with E-state index in [0.29, 0.717) is 0 Å². The lowest BCUT2D eigenvalue weighted by atomic mass is 10.3. The minimum Gasteiger partial charge on any atom is -0.476 e. The summed E-state index contributed by atoms with van der Waals surface area (Å²) in [6.45, 7) is 0. The maximum Gasteiger partial charge on any atom is 0.360 e. The molecule has 0 aliphatic rings. The number of benzene rings is 1. The monoisotopic (exact) mass is 222 g/mol. The van der Waals surface area contributed by atoms with Crippen molar-refractivity contribution in [2.24, 2.45) is 0 Å². The van der Waals surface area contributed by atoms with Gasteiger partial charge in [0, 0.05) is 0 Å². The molecular weight excluding hydrogens is 215 g/mol. The molecule has 0 fully saturated rings. The van der Waals surface area contributed by atoms with Crippen LogP contribution < -0.4 is 5.73 Å². The van der Waals surface area contributed by atoms with Crippen LogP contribution in [0.2, 0.25) is 0 Å². The number of rotatable bonds is 2. The Morgan fingerprint density at radius 1 is 1.44 bits per heavy atom. The number of carboxylic acids is 1. The Morgan fingerprint density at radius 3 is 2.69 bits per heavy atom. The Bertz CT molecular complexity index is 552. The molecule has 2 rings (SSSR count). The summed E-state index contributed by atoms with van der Waals surface area (Å²) >= 11 is 0. The molecule has 0 saturated heterocycles. The molecule has 0 spiro atoms. The Balaban J connectivity index is 2.58. The van der Waals surface area contributed by atoms with E-state index in [2.05, 4.69) is 10.3 Å². The first kappa shape index (κ1) is 10.1. The van der Waals surface area contributed by atoms with Gasteiger partial charge in [-0.15, -0.1) is 5.10 Å². The zero-order chi connectivity index (χ0) is 11.7. The molecule has 0 radical (unpaired) electrons. The van der Waals surface area contributed by atoms with Crippen molar-refractivity contribution in [3.8, 4) is 5.69 Å². The summed E-state index contributed by atoms with van der Waals surface area (Å²) in [5.74, 6) is -2.08. The van der Waals surface area contributed by atoms with Gasteiger partial charge >= 0.3 is 5.97 Å². The van der Waals surface area contributed by atoms with Crippen molar-refractivity contribution in [1.29, 1.82) is 0 Å². The lowest BCUT2D eigenvalue weighted by Gasteiger charge is -2.03. The Kier molecular flexibility index (Phi) is 2.28. The molecule has 16 heavy (non-hydrogen) atoms. The third kappa shape index (κ3) is 1.48. The summed E-state index contributed by atoms with van der Waals surface area (Å²) in [4.78, 5) is 10.7. The maximum absolute atomic E-state index is 13.4. The molecular formula is C9H7FN4O2. The van der Waals surface area contributed by atoms with E-state index in [4.69, 9.17) is 10.8 Å². The number of nitrogen functional groups attached to an aromatic ring is 1. The molecule has 1 heterocycles. The van der Waals surface area contributed by atoms with E-state index in [1.165, 1.54) is 18.2 Å². The van der Waals surface area contributed by atoms with Crippen molar-refractivity contribution < 1.29 is 14.3 Å². The van der Waals surface area contributed by atoms with Crippen molar-refractivity contribution in [1.82, 2.24) is 15.0 Å². The fraction of sp³-hybridized carbons (Fsp3) is 0. The molecule has 0 unspecified atom stereocenters. The van der Waals surface area contributed by atoms with Crippen LogP contribution in [0.4, 0.5) is 10.2 Å². The largest absolute Gasteiger partial charge is 0.476 e. The van der Waals surface area contributed by atoms with E-state index >= 15 is 0 Å². The molecule has 6 nitrogen and oxygen atoms in total. The summed E-state index contributed by atoms with van der Waals surface area (Å²) in [5.41, 5.74) is 5.15. The fourth-order valence-electron chi connectivity index (χ4n) is 1.24. The number of aromatic carboxylic acids is 1. The predicted octanol–water partition coefficient (Wildman–Crippen LogP) is 0.687. The number of para-hydroxylation sites is 1. The zero-order valence-corrected chi connectivity index (χ0v) is 7.96. The lowest BCUT2D eigenvalue weighted by Crippen LogP contribution is -2.07. The number of nitrogens with zero attached hydrogens (tertiary/aromatic N) is 3. The van der Waals surface area contributed by atoms with Gasteiger partial charge in [0.05, 0.1) is 0 Å². The predicted molar refractivity (Wildman–Crippen MR) is 52.7 cm³/mol. The minimum atomic E-state index is -1.31. The number of anilines is 1. The van der Waals surface area contributed by atoms with Gasteiger partial charge in [0.1, 0.15) is 11.5 Å². The average molecular weight is 222 g/mol. The lowest BCUT2D eigenvalue weighted by molar-refractivity contribution is 0.0691. The number of hydrogen-bond acceptors (Lipinski definition) is 4. The summed E-state index contributed by atoms with van der Waals surface area (Å²) in [7, 11) is 0. The van der Waals surface area contributed by atoms with Gasteiger partial charge in [0.15, 0.2) is 5.82 Å². The summed E-state index contributed by atoms with van der Waals surface area (Å²) in [6.07, 6.45) is 0. The molecule has 82 valence electrons. The van der Waals surface area contributed by atoms with E-state index in [1.807, 2.05) is 0 Å². The van der Waals surface area contributed by atoms with Gasteiger partial charge in [-0.05, 0) is 12.1 Å². The molecule has 0 atom stereocenters. The van der Waals surface area contributed by atoms with E-state index in [1.54, 1.807) is 6.07 Å². The van der Waals surface area contributed by atoms with E-state index in [0.717, 1.165) is 4.68 Å². The Hall–Kier alpha value is -2.44. The standard InChI is InChI=1S/C9H7FN4O2/c10-5-3-1-2-4-6(5)14-8(11)7(9(15)16)12-13-14/h1-4H,11H2,(H,15,16). The first-order valence-corrected chi connectivity index (χ1v) is 4.30. The van der Waals surface area contributed by atoms with Crippen LogP contribution in [0.15, 0.2) is 24.3 Å². The van der Waals surface area contributed by atoms with E-state index in [9.17, 15) is 9.18 Å². The Labute approximate surface area is 89.1 Å². The van der Waals surface area contributed by atoms with Crippen LogP contribution in [0.1, 0.15) is 10.5 Å². The van der Waals surface area contributed by atoms with Gasteiger partial charge < -0.3 is 10.8 Å². The number of carboxylic acid groups (broad SMARTS) is 1. The quantitative estimate of drug-likeness (QED) is 0.779. The third-order valence-corrected chi connectivity index (χ3v) is 1.99. The topological polar surface area (TPSA) is 94.0 Å². The summed E-state index contributed by atoms with van der Waals surface area (Å²) in [6, 6.07) is 5.73. The zero-order valence-electron chi connectivity index (χ0n) is 7.96. The molecule has 0 aliphatic heterocycles. The van der Waals surface area contributed by atoms with Gasteiger partial charge in [-0.3, -0.25) is 0 Å². The first-order valence-electron chi connectivity index (χ1n) is 4.30. The van der Waals surface area contributed by atoms with Crippen molar-refractivity contribution in [3.05, 3.63) is 35.8 Å². The van der Waals surface area contributed by atoms with Crippen LogP contribution in [0.3, 0.4) is 0 Å². The van der Waals surface area contributed by atoms with Gasteiger partial charge in [0.25, 0.3) is 0 Å². The van der Waals surface area contributed by atoms with Gasteiger partial charge in [-0.25, -0.2) is 9.18 Å². The fourth-order valence-corrected chi connectivity index (χ4v) is 1.24. The van der Waals surface area contributed by atoms with Crippen LogP contribution in [-0.2, 0) is 0 Å². The van der Waals surface area contributed by atoms with Crippen molar-refractivity contribution in [2.75, 3.05) is 5.73 Å². The van der Waals surface area contributed by atoms with Crippen LogP contribution in [0.5, 0.6) is 0 Å². The summed E-state index contributed by atoms with van der Waals surface area (Å²) in [5, 5.41) is 15.5. The van der Waals surface area contributed by atoms with Crippen LogP contribution in [-0.4, -0.2) is 26.1 Å². The molecule has 0 amide bonds. The summed E-state index contributed by atoms with van der Waals surface area (Å²) < 4.78 is 14.3. The second-order valence-corrected chi connectivity index (χ2v) is 2.99. The minimum absolute atomic E-state index is 0.0556. The van der Waals surface area contributed by atoms with Crippen molar-refractivity contribution in [2.45, 2.75) is 0 Å². The molecule has 2 aromatic rings. The van der Waals surface area contributed by atoms with Crippen LogP contribution in [0, 0.1) is 5.82 Å². The highest BCUT2D eigenvalue weighted by Gasteiger charge is 2.18. The number of halogens is 1. The third-order valence-electron chi connectivity index (χ3n) is 1.99. The molecule has 7 heteroatoms. The number of aromatic nitrogens is 3. The molecule has 0 bridgehead atoms. The molecule has 1 aromatic heterocycles. The van der Waals surface area contributed by atoms with Crippen LogP contribution in [0.25, 0.3) is 5.69 Å². The number of carbonyl (C=O) groups is 1. The molecule has 1 aromatic carbocycles. The highest BCUT2D eigenvalue weighted by Crippen LogP contribution is 2.17. The molecule has 0 aliphatic carbocycles. The van der Waals surface area contributed by atoms with Gasteiger partial charge in [-0.1, -0.05) is 17.3 Å². The van der Waals surface area contributed by atoms with Gasteiger partial charge in [0.2, 0.25) is 5.69 Å². The van der Waals surface area contributed by atoms with E-state index < -0.39 is 17.5 Å². The number of nitrogens with two attached hydrogens (primary N) is 1. The van der Waals surface area contributed by atoms with Gasteiger partial charge in [-0.2, -0.15) is 4.68 Å². The van der Waals surface area contributed by atoms with Crippen molar-refractivity contribution in [3.63, 3.8) is 0 Å². The smallest absolute Gasteiger partial charge is 0.360 e. The number of hydrogen-bond donors (Lipinski definition) is 2. The first-order chi connectivity index (χ1) is 7.61.